The maximum absolute atomic E-state index is 10.9. The van der Waals surface area contributed by atoms with E-state index >= 15 is 0 Å². The van der Waals surface area contributed by atoms with Gasteiger partial charge in [0.25, 0.3) is 5.19 Å². The molecule has 2 aromatic rings. The van der Waals surface area contributed by atoms with Crippen LogP contribution in [0.15, 0.2) is 23.6 Å². The highest BCUT2D eigenvalue weighted by Gasteiger charge is 2.16. The number of nitro benzene ring substituents is 1. The van der Waals surface area contributed by atoms with Crippen LogP contribution in [0.1, 0.15) is 5.56 Å². The zero-order valence-electron chi connectivity index (χ0n) is 8.71. The average molecular weight is 271 g/mol. The fourth-order valence-corrected chi connectivity index (χ4v) is 2.04. The number of halogens is 1. The molecule has 0 N–H and O–H groups in total. The molecular weight excluding hydrogens is 264 g/mol. The van der Waals surface area contributed by atoms with Gasteiger partial charge in [0.1, 0.15) is 5.15 Å². The lowest BCUT2D eigenvalue weighted by Crippen LogP contribution is -1.93. The van der Waals surface area contributed by atoms with Crippen LogP contribution in [0.3, 0.4) is 0 Å². The van der Waals surface area contributed by atoms with Gasteiger partial charge in [-0.1, -0.05) is 29.0 Å². The molecule has 1 aromatic heterocycles. The normalized spacial score (nSPS) is 10.2. The molecule has 0 saturated carbocycles. The monoisotopic (exact) mass is 270 g/mol. The summed E-state index contributed by atoms with van der Waals surface area (Å²) in [6.45, 7) is 1.77. The highest BCUT2D eigenvalue weighted by molar-refractivity contribution is 7.11. The number of hydrogen-bond acceptors (Lipinski definition) is 5. The molecule has 88 valence electrons. The molecule has 0 amide bonds. The smallest absolute Gasteiger partial charge is 0.311 e. The first-order chi connectivity index (χ1) is 8.06. The Kier molecular flexibility index (Phi) is 3.26. The molecule has 2 rings (SSSR count). The van der Waals surface area contributed by atoms with E-state index in [1.54, 1.807) is 24.4 Å². The quantitative estimate of drug-likeness (QED) is 0.628. The average Bonchev–Trinajstić information content (AvgIpc) is 2.66. The molecule has 0 saturated heterocycles. The number of nitrogens with zero attached hydrogens (tertiary/aromatic N) is 2. The second-order valence-corrected chi connectivity index (χ2v) is 4.47. The van der Waals surface area contributed by atoms with Gasteiger partial charge in [0.05, 0.1) is 4.92 Å². The van der Waals surface area contributed by atoms with Crippen LogP contribution in [0.5, 0.6) is 10.9 Å². The summed E-state index contributed by atoms with van der Waals surface area (Å²) < 4.78 is 5.33. The van der Waals surface area contributed by atoms with Crippen molar-refractivity contribution in [1.29, 1.82) is 0 Å². The predicted molar refractivity (Wildman–Crippen MR) is 65.0 cm³/mol. The topological polar surface area (TPSA) is 65.3 Å². The van der Waals surface area contributed by atoms with Gasteiger partial charge in [-0.25, -0.2) is 0 Å². The molecule has 0 aliphatic carbocycles. The van der Waals surface area contributed by atoms with Crippen molar-refractivity contribution in [2.45, 2.75) is 6.92 Å². The zero-order valence-corrected chi connectivity index (χ0v) is 10.3. The van der Waals surface area contributed by atoms with E-state index in [1.807, 2.05) is 0 Å². The standard InChI is InChI=1S/C10H7ClN2O3S/c1-6-2-3-8(7(4-6)13(14)15)16-10-12-9(11)5-17-10/h2-5H,1H3. The molecule has 0 aliphatic heterocycles. The zero-order chi connectivity index (χ0) is 12.4. The van der Waals surface area contributed by atoms with Crippen LogP contribution in [0.2, 0.25) is 5.15 Å². The van der Waals surface area contributed by atoms with Crippen LogP contribution in [0.25, 0.3) is 0 Å². The lowest BCUT2D eigenvalue weighted by molar-refractivity contribution is -0.385. The second kappa shape index (κ2) is 4.68. The third-order valence-corrected chi connectivity index (χ3v) is 3.00. The van der Waals surface area contributed by atoms with Gasteiger partial charge in [-0.05, 0) is 18.6 Å². The molecule has 0 bridgehead atoms. The van der Waals surface area contributed by atoms with Gasteiger partial charge in [0.15, 0.2) is 0 Å². The molecule has 0 unspecified atom stereocenters. The molecule has 0 aliphatic rings. The number of thiazole rings is 1. The minimum atomic E-state index is -0.489. The highest BCUT2D eigenvalue weighted by Crippen LogP contribution is 2.33. The largest absolute Gasteiger partial charge is 0.423 e. The Balaban J connectivity index is 2.35. The summed E-state index contributed by atoms with van der Waals surface area (Å²) in [4.78, 5) is 14.2. The third-order valence-electron chi connectivity index (χ3n) is 1.96. The summed E-state index contributed by atoms with van der Waals surface area (Å²) in [6.07, 6.45) is 0. The van der Waals surface area contributed by atoms with E-state index in [9.17, 15) is 10.1 Å². The summed E-state index contributed by atoms with van der Waals surface area (Å²) >= 11 is 6.82. The number of benzene rings is 1. The third kappa shape index (κ3) is 2.72. The molecule has 17 heavy (non-hydrogen) atoms. The number of ether oxygens (including phenoxy) is 1. The summed E-state index contributed by atoms with van der Waals surface area (Å²) in [5.41, 5.74) is 0.706. The number of aryl methyl sites for hydroxylation is 1. The Labute approximate surface area is 106 Å². The van der Waals surface area contributed by atoms with Crippen LogP contribution >= 0.6 is 22.9 Å². The number of nitro groups is 1. The van der Waals surface area contributed by atoms with Crippen LogP contribution in [-0.2, 0) is 0 Å². The van der Waals surface area contributed by atoms with E-state index in [-0.39, 0.29) is 16.6 Å². The first kappa shape index (κ1) is 11.8. The van der Waals surface area contributed by atoms with Crippen molar-refractivity contribution in [1.82, 2.24) is 4.98 Å². The summed E-state index contributed by atoms with van der Waals surface area (Å²) in [5, 5.41) is 13.0. The molecule has 7 heteroatoms. The van der Waals surface area contributed by atoms with Crippen LogP contribution in [0, 0.1) is 17.0 Å². The van der Waals surface area contributed by atoms with Crippen molar-refractivity contribution in [2.24, 2.45) is 0 Å². The van der Waals surface area contributed by atoms with E-state index < -0.39 is 4.92 Å². The Morgan fingerprint density at radius 3 is 2.88 bits per heavy atom. The van der Waals surface area contributed by atoms with Crippen LogP contribution in [0.4, 0.5) is 5.69 Å². The summed E-state index contributed by atoms with van der Waals surface area (Å²) in [7, 11) is 0. The molecule has 0 fully saturated rings. The molecule has 0 radical (unpaired) electrons. The Bertz CT molecular complexity index is 570. The molecule has 0 spiro atoms. The van der Waals surface area contributed by atoms with E-state index in [0.29, 0.717) is 5.15 Å². The van der Waals surface area contributed by atoms with E-state index in [2.05, 4.69) is 4.98 Å². The van der Waals surface area contributed by atoms with Gasteiger partial charge < -0.3 is 4.74 Å². The van der Waals surface area contributed by atoms with E-state index in [1.165, 1.54) is 17.4 Å². The number of rotatable bonds is 3. The van der Waals surface area contributed by atoms with E-state index in [4.69, 9.17) is 16.3 Å². The Hall–Kier alpha value is -1.66. The first-order valence-electron chi connectivity index (χ1n) is 4.60. The second-order valence-electron chi connectivity index (χ2n) is 3.27. The lowest BCUT2D eigenvalue weighted by Gasteiger charge is -2.03. The summed E-state index contributed by atoms with van der Waals surface area (Å²) in [6, 6.07) is 4.73. The van der Waals surface area contributed by atoms with Crippen LogP contribution in [-0.4, -0.2) is 9.91 Å². The lowest BCUT2D eigenvalue weighted by atomic mass is 10.2. The van der Waals surface area contributed by atoms with Gasteiger partial charge >= 0.3 is 5.69 Å². The highest BCUT2D eigenvalue weighted by atomic mass is 35.5. The number of hydrogen-bond donors (Lipinski definition) is 0. The SMILES string of the molecule is Cc1ccc(Oc2nc(Cl)cs2)c([N+](=O)[O-])c1. The Morgan fingerprint density at radius 1 is 1.53 bits per heavy atom. The van der Waals surface area contributed by atoms with Crippen molar-refractivity contribution in [3.8, 4) is 10.9 Å². The van der Waals surface area contributed by atoms with Crippen molar-refractivity contribution >= 4 is 28.6 Å². The first-order valence-corrected chi connectivity index (χ1v) is 5.86. The van der Waals surface area contributed by atoms with Crippen molar-refractivity contribution in [3.05, 3.63) is 44.4 Å². The fraction of sp³-hybridized carbons (Fsp3) is 0.100. The van der Waals surface area contributed by atoms with Gasteiger partial charge in [0.2, 0.25) is 5.75 Å². The van der Waals surface area contributed by atoms with Gasteiger partial charge in [-0.2, -0.15) is 4.98 Å². The van der Waals surface area contributed by atoms with Crippen molar-refractivity contribution in [3.63, 3.8) is 0 Å². The fourth-order valence-electron chi connectivity index (χ4n) is 1.24. The molecule has 1 heterocycles. The molecule has 1 aromatic carbocycles. The predicted octanol–water partition coefficient (Wildman–Crippen LogP) is 3.81. The van der Waals surface area contributed by atoms with Gasteiger partial charge in [0, 0.05) is 11.4 Å². The maximum Gasteiger partial charge on any atom is 0.311 e. The summed E-state index contributed by atoms with van der Waals surface area (Å²) in [5.74, 6) is 0.159. The van der Waals surface area contributed by atoms with Gasteiger partial charge in [-0.15, -0.1) is 0 Å². The molecule has 0 atom stereocenters. The minimum Gasteiger partial charge on any atom is -0.423 e. The molecule has 5 nitrogen and oxygen atoms in total. The molecular formula is C10H7ClN2O3S. The number of aromatic nitrogens is 1. The van der Waals surface area contributed by atoms with Crippen molar-refractivity contribution in [2.75, 3.05) is 0 Å². The van der Waals surface area contributed by atoms with Gasteiger partial charge in [-0.3, -0.25) is 10.1 Å². The maximum atomic E-state index is 10.9. The van der Waals surface area contributed by atoms with Crippen LogP contribution < -0.4 is 4.74 Å². The minimum absolute atomic E-state index is 0.0867. The van der Waals surface area contributed by atoms with E-state index in [0.717, 1.165) is 5.56 Å². The van der Waals surface area contributed by atoms with Crippen molar-refractivity contribution < 1.29 is 9.66 Å². The Morgan fingerprint density at radius 2 is 2.29 bits per heavy atom.